The van der Waals surface area contributed by atoms with E-state index in [0.29, 0.717) is 4.88 Å². The van der Waals surface area contributed by atoms with Crippen molar-refractivity contribution in [3.05, 3.63) is 70.9 Å². The lowest BCUT2D eigenvalue weighted by molar-refractivity contribution is 0.103. The van der Waals surface area contributed by atoms with Crippen LogP contribution in [-0.2, 0) is 0 Å². The van der Waals surface area contributed by atoms with E-state index in [1.165, 1.54) is 11.3 Å². The summed E-state index contributed by atoms with van der Waals surface area (Å²) < 4.78 is 1.03. The number of amides is 1. The maximum absolute atomic E-state index is 12.3. The van der Waals surface area contributed by atoms with Crippen molar-refractivity contribution in [2.75, 3.05) is 10.6 Å². The molecule has 4 nitrogen and oxygen atoms in total. The van der Waals surface area contributed by atoms with E-state index in [1.54, 1.807) is 11.3 Å². The molecule has 0 unspecified atom stereocenters. The largest absolute Gasteiger partial charge is 0.332 e. The summed E-state index contributed by atoms with van der Waals surface area (Å²) in [6, 6.07) is 19.4. The predicted molar refractivity (Wildman–Crippen MR) is 102 cm³/mol. The van der Waals surface area contributed by atoms with Gasteiger partial charge in [0.2, 0.25) is 0 Å². The van der Waals surface area contributed by atoms with Gasteiger partial charge >= 0.3 is 0 Å². The number of anilines is 3. The number of fused-ring (bicyclic) bond motifs is 1. The van der Waals surface area contributed by atoms with E-state index in [0.717, 1.165) is 26.7 Å². The zero-order chi connectivity index (χ0) is 16.4. The van der Waals surface area contributed by atoms with Crippen LogP contribution in [-0.4, -0.2) is 10.9 Å². The van der Waals surface area contributed by atoms with Gasteiger partial charge in [0.05, 0.1) is 15.3 Å². The fraction of sp³-hybridized carbons (Fsp3) is 0. The number of thiophene rings is 1. The zero-order valence-electron chi connectivity index (χ0n) is 12.5. The number of rotatable bonds is 4. The number of hydrogen-bond donors (Lipinski definition) is 2. The molecule has 0 aliphatic carbocycles. The van der Waals surface area contributed by atoms with Gasteiger partial charge in [0.1, 0.15) is 5.52 Å². The minimum atomic E-state index is -0.108. The van der Waals surface area contributed by atoms with E-state index in [2.05, 4.69) is 15.6 Å². The fourth-order valence-corrected chi connectivity index (χ4v) is 3.87. The highest BCUT2D eigenvalue weighted by Crippen LogP contribution is 2.32. The van der Waals surface area contributed by atoms with Gasteiger partial charge in [0, 0.05) is 5.69 Å². The van der Waals surface area contributed by atoms with Crippen molar-refractivity contribution in [2.24, 2.45) is 0 Å². The number of nitrogens with one attached hydrogen (secondary N) is 2. The molecule has 0 radical (unpaired) electrons. The van der Waals surface area contributed by atoms with E-state index in [9.17, 15) is 4.79 Å². The SMILES string of the molecule is O=C(Nc1cccc2sc(Nc3ccccc3)nc12)c1cccs1. The highest BCUT2D eigenvalue weighted by molar-refractivity contribution is 7.22. The Balaban J connectivity index is 1.63. The summed E-state index contributed by atoms with van der Waals surface area (Å²) in [6.45, 7) is 0. The first-order valence-electron chi connectivity index (χ1n) is 7.36. The van der Waals surface area contributed by atoms with Crippen LogP contribution in [0.15, 0.2) is 66.0 Å². The number of benzene rings is 2. The molecule has 0 fully saturated rings. The molecule has 0 saturated carbocycles. The summed E-state index contributed by atoms with van der Waals surface area (Å²) in [7, 11) is 0. The molecule has 2 N–H and O–H groups in total. The number of carbonyl (C=O) groups is 1. The quantitative estimate of drug-likeness (QED) is 0.521. The molecule has 0 saturated heterocycles. The van der Waals surface area contributed by atoms with Crippen molar-refractivity contribution in [1.29, 1.82) is 0 Å². The number of aromatic nitrogens is 1. The lowest BCUT2D eigenvalue weighted by Gasteiger charge is -2.04. The van der Waals surface area contributed by atoms with Crippen molar-refractivity contribution in [3.63, 3.8) is 0 Å². The van der Waals surface area contributed by atoms with Gasteiger partial charge in [-0.2, -0.15) is 0 Å². The third-order valence-corrected chi connectivity index (χ3v) is 5.24. The molecule has 4 aromatic rings. The molecule has 2 aromatic carbocycles. The number of nitrogens with zero attached hydrogens (tertiary/aromatic N) is 1. The van der Waals surface area contributed by atoms with Crippen molar-refractivity contribution in [2.45, 2.75) is 0 Å². The Morgan fingerprint density at radius 2 is 1.83 bits per heavy atom. The third-order valence-electron chi connectivity index (χ3n) is 3.44. The molecule has 24 heavy (non-hydrogen) atoms. The first-order chi connectivity index (χ1) is 11.8. The van der Waals surface area contributed by atoms with Crippen LogP contribution in [0.25, 0.3) is 10.2 Å². The molecule has 6 heteroatoms. The Labute approximate surface area is 146 Å². The van der Waals surface area contributed by atoms with Crippen molar-refractivity contribution >= 4 is 55.3 Å². The topological polar surface area (TPSA) is 54.0 Å². The molecule has 0 bridgehead atoms. The summed E-state index contributed by atoms with van der Waals surface area (Å²) in [6.07, 6.45) is 0. The maximum atomic E-state index is 12.3. The van der Waals surface area contributed by atoms with E-state index >= 15 is 0 Å². The fourth-order valence-electron chi connectivity index (χ4n) is 2.34. The predicted octanol–water partition coefficient (Wildman–Crippen LogP) is 5.35. The monoisotopic (exact) mass is 351 g/mol. The Bertz CT molecular complexity index is 978. The number of hydrogen-bond acceptors (Lipinski definition) is 5. The molecule has 0 aliphatic rings. The Morgan fingerprint density at radius 1 is 0.958 bits per heavy atom. The molecule has 1 amide bonds. The highest BCUT2D eigenvalue weighted by atomic mass is 32.1. The molecular weight excluding hydrogens is 338 g/mol. The molecule has 4 rings (SSSR count). The molecule has 0 atom stereocenters. The second kappa shape index (κ2) is 6.43. The Morgan fingerprint density at radius 3 is 2.62 bits per heavy atom. The van der Waals surface area contributed by atoms with Gasteiger partial charge in [-0.15, -0.1) is 11.3 Å². The molecule has 2 heterocycles. The molecule has 0 spiro atoms. The van der Waals surface area contributed by atoms with Crippen LogP contribution in [0.4, 0.5) is 16.5 Å². The number of thiazole rings is 1. The number of carbonyl (C=O) groups excluding carboxylic acids is 1. The highest BCUT2D eigenvalue weighted by Gasteiger charge is 2.12. The van der Waals surface area contributed by atoms with E-state index in [-0.39, 0.29) is 5.91 Å². The first-order valence-corrected chi connectivity index (χ1v) is 9.06. The van der Waals surface area contributed by atoms with Gasteiger partial charge in [-0.3, -0.25) is 4.79 Å². The second-order valence-electron chi connectivity index (χ2n) is 5.09. The van der Waals surface area contributed by atoms with Gasteiger partial charge < -0.3 is 10.6 Å². The van der Waals surface area contributed by atoms with Crippen LogP contribution in [0, 0.1) is 0 Å². The smallest absolute Gasteiger partial charge is 0.265 e. The first kappa shape index (κ1) is 14.9. The summed E-state index contributed by atoms with van der Waals surface area (Å²) in [4.78, 5) is 17.6. The average Bonchev–Trinajstić information content (AvgIpc) is 3.25. The normalized spacial score (nSPS) is 10.7. The summed E-state index contributed by atoms with van der Waals surface area (Å²) in [5, 5.41) is 8.94. The maximum Gasteiger partial charge on any atom is 0.265 e. The minimum absolute atomic E-state index is 0.108. The summed E-state index contributed by atoms with van der Waals surface area (Å²) in [5.74, 6) is -0.108. The van der Waals surface area contributed by atoms with Crippen molar-refractivity contribution in [1.82, 2.24) is 4.98 Å². The van der Waals surface area contributed by atoms with E-state index < -0.39 is 0 Å². The van der Waals surface area contributed by atoms with E-state index in [4.69, 9.17) is 0 Å². The van der Waals surface area contributed by atoms with Crippen LogP contribution >= 0.6 is 22.7 Å². The van der Waals surface area contributed by atoms with Crippen molar-refractivity contribution in [3.8, 4) is 0 Å². The van der Waals surface area contributed by atoms with Crippen LogP contribution in [0.2, 0.25) is 0 Å². The van der Waals surface area contributed by atoms with Crippen LogP contribution in [0.5, 0.6) is 0 Å². The lowest BCUT2D eigenvalue weighted by Crippen LogP contribution is -2.10. The van der Waals surface area contributed by atoms with Crippen molar-refractivity contribution < 1.29 is 4.79 Å². The van der Waals surface area contributed by atoms with Gasteiger partial charge in [0.15, 0.2) is 5.13 Å². The van der Waals surface area contributed by atoms with Crippen LogP contribution in [0.1, 0.15) is 9.67 Å². The van der Waals surface area contributed by atoms with Crippen LogP contribution in [0.3, 0.4) is 0 Å². The summed E-state index contributed by atoms with van der Waals surface area (Å²) >= 11 is 2.98. The standard InChI is InChI=1S/C18H13N3OS2/c22-17(15-10-5-11-23-15)20-13-8-4-9-14-16(13)21-18(24-14)19-12-6-2-1-3-7-12/h1-11H,(H,19,21)(H,20,22). The zero-order valence-corrected chi connectivity index (χ0v) is 14.2. The van der Waals surface area contributed by atoms with Gasteiger partial charge in [-0.05, 0) is 35.7 Å². The van der Waals surface area contributed by atoms with Gasteiger partial charge in [-0.25, -0.2) is 4.98 Å². The third kappa shape index (κ3) is 3.02. The second-order valence-corrected chi connectivity index (χ2v) is 7.07. The molecule has 2 aromatic heterocycles. The lowest BCUT2D eigenvalue weighted by atomic mass is 10.3. The average molecular weight is 351 g/mol. The van der Waals surface area contributed by atoms with Gasteiger partial charge in [-0.1, -0.05) is 41.7 Å². The number of para-hydroxylation sites is 2. The Hall–Kier alpha value is -2.70. The van der Waals surface area contributed by atoms with Crippen LogP contribution < -0.4 is 10.6 Å². The van der Waals surface area contributed by atoms with E-state index in [1.807, 2.05) is 66.0 Å². The molecular formula is C18H13N3OS2. The minimum Gasteiger partial charge on any atom is -0.332 e. The van der Waals surface area contributed by atoms with Gasteiger partial charge in [0.25, 0.3) is 5.91 Å². The molecule has 0 aliphatic heterocycles. The Kier molecular flexibility index (Phi) is 3.98. The molecule has 118 valence electrons. The summed E-state index contributed by atoms with van der Waals surface area (Å²) in [5.41, 5.74) is 2.51.